The van der Waals surface area contributed by atoms with Gasteiger partial charge in [0.15, 0.2) is 0 Å². The second-order valence-electron chi connectivity index (χ2n) is 3.58. The number of rotatable bonds is 2. The van der Waals surface area contributed by atoms with Gasteiger partial charge in [0.1, 0.15) is 0 Å². The summed E-state index contributed by atoms with van der Waals surface area (Å²) in [6, 6.07) is 0. The third-order valence-electron chi connectivity index (χ3n) is 2.54. The fourth-order valence-electron chi connectivity index (χ4n) is 1.64. The molecule has 0 fully saturated rings. The van der Waals surface area contributed by atoms with Crippen molar-refractivity contribution in [2.45, 2.75) is 26.7 Å². The third kappa shape index (κ3) is 1.90. The SMILES string of the molecule is CC1=[C]([V][C]2=C(C)C=CC2)CC=C1. The van der Waals surface area contributed by atoms with Crippen molar-refractivity contribution in [1.82, 2.24) is 0 Å². The van der Waals surface area contributed by atoms with Crippen molar-refractivity contribution < 1.29 is 16.3 Å². The Bertz CT molecular complexity index is 306. The van der Waals surface area contributed by atoms with E-state index in [0.29, 0.717) is 16.3 Å². The van der Waals surface area contributed by atoms with Crippen LogP contribution < -0.4 is 0 Å². The van der Waals surface area contributed by atoms with Gasteiger partial charge in [0.05, 0.1) is 0 Å². The summed E-state index contributed by atoms with van der Waals surface area (Å²) in [5.74, 6) is 0. The van der Waals surface area contributed by atoms with Crippen molar-refractivity contribution in [2.75, 3.05) is 0 Å². The Hall–Kier alpha value is -0.456. The molecule has 0 amide bonds. The van der Waals surface area contributed by atoms with Gasteiger partial charge in [-0.15, -0.1) is 0 Å². The molecule has 0 radical (unpaired) electrons. The maximum atomic E-state index is 2.29. The zero-order valence-corrected chi connectivity index (χ0v) is 9.57. The van der Waals surface area contributed by atoms with E-state index in [9.17, 15) is 0 Å². The maximum absolute atomic E-state index is 2.29. The molecule has 2 rings (SSSR count). The molecule has 0 aromatic rings. The van der Waals surface area contributed by atoms with Crippen molar-refractivity contribution in [1.29, 1.82) is 0 Å². The van der Waals surface area contributed by atoms with Crippen LogP contribution in [0.1, 0.15) is 26.7 Å². The first-order valence-electron chi connectivity index (χ1n) is 4.71. The fraction of sp³-hybridized carbons (Fsp3) is 0.333. The molecule has 0 spiro atoms. The van der Waals surface area contributed by atoms with E-state index in [1.54, 1.807) is 8.57 Å². The summed E-state index contributed by atoms with van der Waals surface area (Å²) >= 11 is 0.322. The second kappa shape index (κ2) is 3.73. The quantitative estimate of drug-likeness (QED) is 0.652. The van der Waals surface area contributed by atoms with Crippen LogP contribution in [0.3, 0.4) is 0 Å². The van der Waals surface area contributed by atoms with Crippen molar-refractivity contribution >= 4 is 0 Å². The Morgan fingerprint density at radius 3 is 1.69 bits per heavy atom. The van der Waals surface area contributed by atoms with Crippen molar-refractivity contribution in [3.63, 3.8) is 0 Å². The van der Waals surface area contributed by atoms with Crippen LogP contribution in [0.4, 0.5) is 0 Å². The van der Waals surface area contributed by atoms with Crippen LogP contribution in [0.15, 0.2) is 44.0 Å². The van der Waals surface area contributed by atoms with Gasteiger partial charge in [0, 0.05) is 0 Å². The summed E-state index contributed by atoms with van der Waals surface area (Å²) in [5, 5.41) is 0. The van der Waals surface area contributed by atoms with E-state index in [-0.39, 0.29) is 0 Å². The second-order valence-corrected chi connectivity index (χ2v) is 5.62. The molecule has 2 aliphatic carbocycles. The molecule has 0 bridgehead atoms. The summed E-state index contributed by atoms with van der Waals surface area (Å²) in [6.45, 7) is 4.49. The molecule has 1 heteroatoms. The first-order chi connectivity index (χ1) is 6.27. The zero-order valence-electron chi connectivity index (χ0n) is 8.17. The molecule has 0 N–H and O–H groups in total. The topological polar surface area (TPSA) is 0 Å². The molecule has 13 heavy (non-hydrogen) atoms. The van der Waals surface area contributed by atoms with Crippen LogP contribution in [0.25, 0.3) is 0 Å². The van der Waals surface area contributed by atoms with E-state index in [4.69, 9.17) is 0 Å². The van der Waals surface area contributed by atoms with Gasteiger partial charge in [-0.2, -0.15) is 0 Å². The van der Waals surface area contributed by atoms with Crippen molar-refractivity contribution in [3.8, 4) is 0 Å². The van der Waals surface area contributed by atoms with Gasteiger partial charge < -0.3 is 0 Å². The van der Waals surface area contributed by atoms with Gasteiger partial charge in [-0.05, 0) is 0 Å². The molecular weight excluding hydrogens is 195 g/mol. The Kier molecular flexibility index (Phi) is 2.62. The van der Waals surface area contributed by atoms with E-state index in [0.717, 1.165) is 0 Å². The molecule has 0 saturated carbocycles. The van der Waals surface area contributed by atoms with Gasteiger partial charge in [0.25, 0.3) is 0 Å². The molecule has 0 heterocycles. The summed E-state index contributed by atoms with van der Waals surface area (Å²) in [6.07, 6.45) is 11.5. The van der Waals surface area contributed by atoms with Crippen LogP contribution in [0.5, 0.6) is 0 Å². The first-order valence-corrected chi connectivity index (χ1v) is 6.11. The van der Waals surface area contributed by atoms with Crippen LogP contribution in [-0.2, 0) is 16.3 Å². The van der Waals surface area contributed by atoms with E-state index in [1.165, 1.54) is 24.0 Å². The van der Waals surface area contributed by atoms with E-state index in [2.05, 4.69) is 38.2 Å². The van der Waals surface area contributed by atoms with Gasteiger partial charge in [-0.25, -0.2) is 0 Å². The molecule has 0 nitrogen and oxygen atoms in total. The summed E-state index contributed by atoms with van der Waals surface area (Å²) in [4.78, 5) is 0. The molecule has 0 saturated heterocycles. The predicted octanol–water partition coefficient (Wildman–Crippen LogP) is 3.54. The molecule has 67 valence electrons. The predicted molar refractivity (Wildman–Crippen MR) is 52.9 cm³/mol. The minimum absolute atomic E-state index is 0.322. The van der Waals surface area contributed by atoms with Gasteiger partial charge in [-0.1, -0.05) is 0 Å². The number of hydrogen-bond donors (Lipinski definition) is 0. The molecule has 2 aliphatic rings. The van der Waals surface area contributed by atoms with Crippen LogP contribution in [0, 0.1) is 0 Å². The van der Waals surface area contributed by atoms with Gasteiger partial charge >= 0.3 is 87.0 Å². The van der Waals surface area contributed by atoms with E-state index >= 15 is 0 Å². The van der Waals surface area contributed by atoms with Crippen LogP contribution >= 0.6 is 0 Å². The average molecular weight is 209 g/mol. The van der Waals surface area contributed by atoms with Crippen LogP contribution in [-0.4, -0.2) is 0 Å². The Balaban J connectivity index is 2.08. The average Bonchev–Trinajstić information content (AvgIpc) is 2.65. The third-order valence-corrected chi connectivity index (χ3v) is 5.05. The molecule has 0 aromatic carbocycles. The summed E-state index contributed by atoms with van der Waals surface area (Å²) < 4.78 is 3.41. The Morgan fingerprint density at radius 2 is 1.38 bits per heavy atom. The zero-order chi connectivity index (χ0) is 9.26. The van der Waals surface area contributed by atoms with Gasteiger partial charge in [0.2, 0.25) is 0 Å². The number of hydrogen-bond acceptors (Lipinski definition) is 0. The summed E-state index contributed by atoms with van der Waals surface area (Å²) in [7, 11) is 0. The molecule has 0 atom stereocenters. The summed E-state index contributed by atoms with van der Waals surface area (Å²) in [5.41, 5.74) is 3.04. The van der Waals surface area contributed by atoms with Crippen molar-refractivity contribution in [3.05, 3.63) is 44.0 Å². The molecule has 0 aliphatic heterocycles. The standard InChI is InChI=1S/2C6H7.V/c2*1-6-4-2-3-5-6;/h2*2,4H,3H2,1H3;. The normalized spacial score (nSPS) is 20.8. The number of allylic oxidation sites excluding steroid dienone is 8. The van der Waals surface area contributed by atoms with Crippen molar-refractivity contribution in [2.24, 2.45) is 0 Å². The monoisotopic (exact) mass is 209 g/mol. The first kappa shape index (κ1) is 9.11. The Morgan fingerprint density at radius 1 is 0.923 bits per heavy atom. The fourth-order valence-corrected chi connectivity index (χ4v) is 3.55. The van der Waals surface area contributed by atoms with Crippen LogP contribution in [0.2, 0.25) is 0 Å². The molecule has 0 aromatic heterocycles. The minimum atomic E-state index is 0.322. The Labute approximate surface area is 87.2 Å². The van der Waals surface area contributed by atoms with E-state index in [1.807, 2.05) is 0 Å². The molecule has 0 unspecified atom stereocenters. The van der Waals surface area contributed by atoms with E-state index < -0.39 is 0 Å². The molecular formula is C12H14V. The van der Waals surface area contributed by atoms with Gasteiger partial charge in [-0.3, -0.25) is 0 Å².